The van der Waals surface area contributed by atoms with E-state index in [9.17, 15) is 13.6 Å². The molecule has 2 aromatic rings. The van der Waals surface area contributed by atoms with Crippen molar-refractivity contribution in [1.29, 1.82) is 0 Å². The van der Waals surface area contributed by atoms with Crippen molar-refractivity contribution in [2.24, 2.45) is 0 Å². The number of hydrogen-bond acceptors (Lipinski definition) is 2. The van der Waals surface area contributed by atoms with Crippen LogP contribution >= 0.6 is 0 Å². The highest BCUT2D eigenvalue weighted by molar-refractivity contribution is 5.90. The average Bonchev–Trinajstić information content (AvgIpc) is 2.70. The molecule has 0 spiro atoms. The molecule has 0 bridgehead atoms. The van der Waals surface area contributed by atoms with Crippen molar-refractivity contribution < 1.29 is 13.6 Å². The van der Waals surface area contributed by atoms with Gasteiger partial charge in [0.15, 0.2) is 11.6 Å². The van der Waals surface area contributed by atoms with Gasteiger partial charge in [-0.05, 0) is 24.6 Å². The molecular weight excluding hydrogens is 240 g/mol. The zero-order chi connectivity index (χ0) is 13.1. The normalized spacial score (nSPS) is 10.4. The minimum atomic E-state index is -1.07. The minimum Gasteiger partial charge on any atom is -0.322 e. The van der Waals surface area contributed by atoms with Gasteiger partial charge in [-0.25, -0.2) is 8.78 Å². The van der Waals surface area contributed by atoms with Crippen LogP contribution in [0.3, 0.4) is 0 Å². The third-order valence-electron chi connectivity index (χ3n) is 2.29. The van der Waals surface area contributed by atoms with Crippen LogP contribution in [-0.2, 0) is 11.3 Å². The van der Waals surface area contributed by atoms with Crippen LogP contribution in [0.15, 0.2) is 30.6 Å². The Balaban J connectivity index is 2.05. The van der Waals surface area contributed by atoms with Gasteiger partial charge >= 0.3 is 0 Å². The molecule has 0 saturated carbocycles. The van der Waals surface area contributed by atoms with E-state index in [2.05, 4.69) is 10.4 Å². The number of carbonyl (C=O) groups excluding carboxylic acids is 1. The molecular formula is C12H11F2N3O. The van der Waals surface area contributed by atoms with E-state index in [0.29, 0.717) is 0 Å². The Bertz CT molecular complexity index is 580. The fourth-order valence-electron chi connectivity index (χ4n) is 1.49. The lowest BCUT2D eigenvalue weighted by molar-refractivity contribution is -0.116. The van der Waals surface area contributed by atoms with Crippen LogP contribution in [0.25, 0.3) is 0 Å². The van der Waals surface area contributed by atoms with Crippen molar-refractivity contribution in [3.63, 3.8) is 0 Å². The van der Waals surface area contributed by atoms with E-state index in [0.717, 1.165) is 11.6 Å². The lowest BCUT2D eigenvalue weighted by atomic mass is 10.3. The number of anilines is 1. The molecule has 1 aromatic heterocycles. The summed E-state index contributed by atoms with van der Waals surface area (Å²) in [6, 6.07) is 3.61. The molecule has 2 rings (SSSR count). The van der Waals surface area contributed by atoms with Gasteiger partial charge in [-0.15, -0.1) is 0 Å². The summed E-state index contributed by atoms with van der Waals surface area (Å²) < 4.78 is 27.6. The van der Waals surface area contributed by atoms with Crippen LogP contribution in [0.1, 0.15) is 5.56 Å². The van der Waals surface area contributed by atoms with Crippen LogP contribution in [-0.4, -0.2) is 15.7 Å². The van der Waals surface area contributed by atoms with E-state index in [1.54, 1.807) is 12.4 Å². The number of rotatable bonds is 3. The summed E-state index contributed by atoms with van der Waals surface area (Å²) in [7, 11) is 0. The van der Waals surface area contributed by atoms with Crippen molar-refractivity contribution in [2.75, 3.05) is 5.32 Å². The molecule has 6 heteroatoms. The Hall–Kier alpha value is -2.24. The Labute approximate surface area is 102 Å². The Morgan fingerprint density at radius 1 is 1.44 bits per heavy atom. The first-order chi connectivity index (χ1) is 8.56. The maximum atomic E-state index is 13.3. The molecule has 0 radical (unpaired) electrons. The van der Waals surface area contributed by atoms with Crippen molar-refractivity contribution in [3.05, 3.63) is 47.8 Å². The lowest BCUT2D eigenvalue weighted by Crippen LogP contribution is -2.19. The van der Waals surface area contributed by atoms with Crippen LogP contribution in [0.5, 0.6) is 0 Å². The Kier molecular flexibility index (Phi) is 3.36. The number of nitrogens with one attached hydrogen (secondary N) is 1. The largest absolute Gasteiger partial charge is 0.322 e. The van der Waals surface area contributed by atoms with E-state index < -0.39 is 17.5 Å². The quantitative estimate of drug-likeness (QED) is 0.908. The summed E-state index contributed by atoms with van der Waals surface area (Å²) in [5.74, 6) is -2.53. The van der Waals surface area contributed by atoms with Crippen LogP contribution in [0, 0.1) is 18.6 Å². The summed E-state index contributed by atoms with van der Waals surface area (Å²) in [5.41, 5.74) is 0.739. The van der Waals surface area contributed by atoms with Crippen molar-refractivity contribution >= 4 is 11.6 Å². The van der Waals surface area contributed by atoms with E-state index in [-0.39, 0.29) is 12.2 Å². The van der Waals surface area contributed by atoms with Crippen molar-refractivity contribution in [1.82, 2.24) is 9.78 Å². The highest BCUT2D eigenvalue weighted by Crippen LogP contribution is 2.16. The molecule has 0 saturated heterocycles. The minimum absolute atomic E-state index is 0.0518. The number of carbonyl (C=O) groups is 1. The van der Waals surface area contributed by atoms with Gasteiger partial charge in [-0.3, -0.25) is 9.48 Å². The summed E-state index contributed by atoms with van der Waals surface area (Å²) in [4.78, 5) is 11.6. The monoisotopic (exact) mass is 251 g/mol. The Morgan fingerprint density at radius 3 is 2.89 bits per heavy atom. The fourth-order valence-corrected chi connectivity index (χ4v) is 1.49. The van der Waals surface area contributed by atoms with Gasteiger partial charge in [-0.1, -0.05) is 6.07 Å². The fraction of sp³-hybridized carbons (Fsp3) is 0.167. The van der Waals surface area contributed by atoms with E-state index in [1.807, 2.05) is 6.92 Å². The standard InChI is InChI=1S/C12H11F2N3O/c1-8-5-15-17(6-8)7-11(18)16-10-4-2-3-9(13)12(10)14/h2-6H,7H2,1H3,(H,16,18). The zero-order valence-corrected chi connectivity index (χ0v) is 9.65. The summed E-state index contributed by atoms with van der Waals surface area (Å²) in [5, 5.41) is 6.22. The smallest absolute Gasteiger partial charge is 0.246 e. The second-order valence-corrected chi connectivity index (χ2v) is 3.86. The molecule has 4 nitrogen and oxygen atoms in total. The number of nitrogens with zero attached hydrogens (tertiary/aromatic N) is 2. The molecule has 0 fully saturated rings. The number of hydrogen-bond donors (Lipinski definition) is 1. The molecule has 0 aliphatic heterocycles. The molecule has 0 unspecified atom stereocenters. The molecule has 0 atom stereocenters. The van der Waals surface area contributed by atoms with E-state index >= 15 is 0 Å². The number of amides is 1. The number of aromatic nitrogens is 2. The highest BCUT2D eigenvalue weighted by Gasteiger charge is 2.11. The molecule has 1 aromatic carbocycles. The summed E-state index contributed by atoms with van der Waals surface area (Å²) >= 11 is 0. The number of halogens is 2. The van der Waals surface area contributed by atoms with E-state index in [1.165, 1.54) is 16.8 Å². The number of benzene rings is 1. The second kappa shape index (κ2) is 4.95. The van der Waals surface area contributed by atoms with Gasteiger partial charge in [0.2, 0.25) is 5.91 Å². The lowest BCUT2D eigenvalue weighted by Gasteiger charge is -2.06. The zero-order valence-electron chi connectivity index (χ0n) is 9.65. The summed E-state index contributed by atoms with van der Waals surface area (Å²) in [6.07, 6.45) is 3.29. The third kappa shape index (κ3) is 2.71. The van der Waals surface area contributed by atoms with Gasteiger partial charge in [0, 0.05) is 6.20 Å². The van der Waals surface area contributed by atoms with Crippen LogP contribution in [0.4, 0.5) is 14.5 Å². The topological polar surface area (TPSA) is 46.9 Å². The first-order valence-corrected chi connectivity index (χ1v) is 5.29. The molecule has 0 aliphatic rings. The Morgan fingerprint density at radius 2 is 2.22 bits per heavy atom. The van der Waals surface area contributed by atoms with Gasteiger partial charge in [0.25, 0.3) is 0 Å². The molecule has 1 amide bonds. The van der Waals surface area contributed by atoms with Gasteiger partial charge in [0.05, 0.1) is 11.9 Å². The molecule has 94 valence electrons. The molecule has 1 heterocycles. The van der Waals surface area contributed by atoms with Gasteiger partial charge in [0.1, 0.15) is 6.54 Å². The predicted molar refractivity (Wildman–Crippen MR) is 62.0 cm³/mol. The molecule has 0 aliphatic carbocycles. The van der Waals surface area contributed by atoms with Crippen LogP contribution in [0.2, 0.25) is 0 Å². The number of aryl methyl sites for hydroxylation is 1. The molecule has 18 heavy (non-hydrogen) atoms. The van der Waals surface area contributed by atoms with Gasteiger partial charge in [-0.2, -0.15) is 5.10 Å². The van der Waals surface area contributed by atoms with E-state index in [4.69, 9.17) is 0 Å². The third-order valence-corrected chi connectivity index (χ3v) is 2.29. The first-order valence-electron chi connectivity index (χ1n) is 5.29. The average molecular weight is 251 g/mol. The first kappa shape index (κ1) is 12.2. The predicted octanol–water partition coefficient (Wildman–Crippen LogP) is 2.11. The summed E-state index contributed by atoms with van der Waals surface area (Å²) in [6.45, 7) is 1.79. The van der Waals surface area contributed by atoms with Crippen LogP contribution < -0.4 is 5.32 Å². The maximum absolute atomic E-state index is 13.3. The molecule has 1 N–H and O–H groups in total. The maximum Gasteiger partial charge on any atom is 0.246 e. The van der Waals surface area contributed by atoms with Crippen molar-refractivity contribution in [2.45, 2.75) is 13.5 Å². The highest BCUT2D eigenvalue weighted by atomic mass is 19.2. The SMILES string of the molecule is Cc1cnn(CC(=O)Nc2cccc(F)c2F)c1. The van der Waals surface area contributed by atoms with Crippen molar-refractivity contribution in [3.8, 4) is 0 Å². The van der Waals surface area contributed by atoms with Gasteiger partial charge < -0.3 is 5.32 Å². The second-order valence-electron chi connectivity index (χ2n) is 3.86.